The molecule has 0 saturated carbocycles. The van der Waals surface area contributed by atoms with Crippen LogP contribution in [-0.4, -0.2) is 79.1 Å². The van der Waals surface area contributed by atoms with E-state index in [1.807, 2.05) is 24.3 Å². The Hall–Kier alpha value is -4.07. The Morgan fingerprint density at radius 2 is 1.13 bits per heavy atom. The van der Waals surface area contributed by atoms with Crippen molar-refractivity contribution in [1.82, 2.24) is 9.97 Å². The first kappa shape index (κ1) is 45.3. The number of aromatic hydroxyl groups is 2. The summed E-state index contributed by atoms with van der Waals surface area (Å²) < 4.78 is 87.2. The molecule has 0 amide bonds. The van der Waals surface area contributed by atoms with Crippen LogP contribution in [0.4, 0.5) is 11.4 Å². The third-order valence-electron chi connectivity index (χ3n) is 7.63. The number of para-hydroxylation sites is 2. The van der Waals surface area contributed by atoms with Crippen LogP contribution < -0.4 is 59.1 Å². The maximum Gasteiger partial charge on any atom is 1.00 e. The van der Waals surface area contributed by atoms with E-state index >= 15 is 0 Å². The first-order chi connectivity index (χ1) is 24.4. The van der Waals surface area contributed by atoms with Crippen LogP contribution >= 0.6 is 0 Å². The van der Waals surface area contributed by atoms with E-state index in [0.717, 1.165) is 17.6 Å². The molecule has 0 unspecified atom stereocenters. The largest absolute Gasteiger partial charge is 1.00 e. The molecule has 23 heteroatoms. The normalized spacial score (nSPS) is 12.9. The molecular formula is C32H21N4Na2O14S3-. The molecule has 18 nitrogen and oxygen atoms in total. The Kier molecular flexibility index (Phi) is 14.3. The van der Waals surface area contributed by atoms with Crippen molar-refractivity contribution < 1.29 is 123 Å². The van der Waals surface area contributed by atoms with Crippen molar-refractivity contribution in [3.05, 3.63) is 107 Å². The number of nitrogens with zero attached hydrogens (tertiary/aromatic N) is 2. The molecule has 7 N–H and O–H groups in total. The van der Waals surface area contributed by atoms with Gasteiger partial charge in [0.2, 0.25) is 11.6 Å². The number of aliphatic imine (C=N–C) groups is 2. The smallest absolute Gasteiger partial charge is 0.870 e. The van der Waals surface area contributed by atoms with E-state index in [4.69, 9.17) is 17.5 Å². The summed E-state index contributed by atoms with van der Waals surface area (Å²) in [7, 11) is -11.9. The summed E-state index contributed by atoms with van der Waals surface area (Å²) in [5.41, 5.74) is 2.88. The molecule has 0 atom stereocenters. The second-order valence-electron chi connectivity index (χ2n) is 10.9. The minimum Gasteiger partial charge on any atom is -0.870 e. The fourth-order valence-corrected chi connectivity index (χ4v) is 6.27. The molecule has 2 aliphatic rings. The Bertz CT molecular complexity index is 2870. The predicted octanol–water partition coefficient (Wildman–Crippen LogP) is -1.87. The molecule has 274 valence electrons. The predicted molar refractivity (Wildman–Crippen MR) is 185 cm³/mol. The zero-order valence-corrected chi connectivity index (χ0v) is 34.6. The molecule has 55 heavy (non-hydrogen) atoms. The van der Waals surface area contributed by atoms with E-state index in [1.165, 1.54) is 24.3 Å². The van der Waals surface area contributed by atoms with Gasteiger partial charge in [-0.3, -0.25) is 18.7 Å². The number of carbonyl (C=O) groups excluding carboxylic acids is 2. The molecule has 0 aliphatic carbocycles. The van der Waals surface area contributed by atoms with Gasteiger partial charge in [0.15, 0.2) is 11.5 Å². The van der Waals surface area contributed by atoms with Crippen molar-refractivity contribution in [2.24, 2.45) is 9.98 Å². The maximum atomic E-state index is 12.6. The van der Waals surface area contributed by atoms with E-state index < -0.39 is 41.9 Å². The summed E-state index contributed by atoms with van der Waals surface area (Å²) in [6, 6.07) is 21.7. The molecule has 2 aliphatic heterocycles. The van der Waals surface area contributed by atoms with Gasteiger partial charge in [-0.15, -0.1) is 0 Å². The molecule has 0 bridgehead atoms. The van der Waals surface area contributed by atoms with Crippen LogP contribution in [-0.2, 0) is 39.6 Å². The van der Waals surface area contributed by atoms with Gasteiger partial charge in [0.25, 0.3) is 0 Å². The number of aromatic nitrogens is 2. The molecule has 2 aromatic heterocycles. The monoisotopic (exact) mass is 827 g/mol. The van der Waals surface area contributed by atoms with Crippen LogP contribution in [0.15, 0.2) is 105 Å². The van der Waals surface area contributed by atoms with Crippen molar-refractivity contribution in [1.29, 1.82) is 0 Å². The summed E-state index contributed by atoms with van der Waals surface area (Å²) in [4.78, 5) is 38.7. The van der Waals surface area contributed by atoms with Crippen LogP contribution in [0.2, 0.25) is 0 Å². The van der Waals surface area contributed by atoms with Crippen molar-refractivity contribution in [2.75, 3.05) is 0 Å². The average Bonchev–Trinajstić information content (AvgIpc) is 3.80. The summed E-state index contributed by atoms with van der Waals surface area (Å²) in [6.07, 6.45) is 0. The quantitative estimate of drug-likeness (QED) is 0.0645. The number of carbonyl (C=O) groups is 2. The van der Waals surface area contributed by atoms with E-state index in [1.54, 1.807) is 24.3 Å². The SMILES string of the molecule is O=C1C(c2[nH]c3ccc([S-](=O)=O)cc3c2O)=Nc2ccc(S(=O)(=O)[O-])cc21.O=C1C(c2[nH]c3ccccc3c2O)=Nc2ccccc21.O=S(=O)(O)O.[Na+].[Na+].[OH-]. The van der Waals surface area contributed by atoms with Crippen LogP contribution in [0.3, 0.4) is 0 Å². The zero-order chi connectivity index (χ0) is 37.7. The molecule has 6 aromatic rings. The number of rotatable bonds is 4. The number of hydrogen-bond donors (Lipinski definition) is 6. The standard InChI is InChI=1S/C16H9N2O7S2.C16H10N2O2.2Na.H2O4S.H2O/c19-15-9-5-7(26(21)22)1-3-11(9)17-13(15)14-16(20)10-6-8(27(23,24)25)2-4-12(10)18-14;19-15-9-5-1-3-7-11(9)17-13(15)14-16(20)10-6-2-4-8-12(10)18-14;;;1-5(2,3)4;/h1-6,17,19H,(H,23,24,25);1-8,17,19H;;;(H2,1,2,3,4);1H2/q-1;;2*+1;;/p-2. The summed E-state index contributed by atoms with van der Waals surface area (Å²) in [5, 5.41) is 21.6. The van der Waals surface area contributed by atoms with Crippen molar-refractivity contribution in [3.8, 4) is 11.5 Å². The number of fused-ring (bicyclic) bond motifs is 4. The van der Waals surface area contributed by atoms with Gasteiger partial charge in [0.05, 0.1) is 21.8 Å². The van der Waals surface area contributed by atoms with Crippen molar-refractivity contribution in [3.63, 3.8) is 0 Å². The third kappa shape index (κ3) is 9.49. The summed E-state index contributed by atoms with van der Waals surface area (Å²) >= 11 is 0. The minimum atomic E-state index is -4.74. The van der Waals surface area contributed by atoms with Gasteiger partial charge >= 0.3 is 69.5 Å². The van der Waals surface area contributed by atoms with Crippen molar-refractivity contribution >= 4 is 87.4 Å². The molecule has 4 aromatic carbocycles. The van der Waals surface area contributed by atoms with Crippen LogP contribution in [0.25, 0.3) is 21.8 Å². The number of H-pyrrole nitrogens is 2. The van der Waals surface area contributed by atoms with Gasteiger partial charge in [-0.1, -0.05) is 41.3 Å². The number of benzene rings is 4. The third-order valence-corrected chi connectivity index (χ3v) is 9.10. The molecule has 0 fully saturated rings. The first-order valence-corrected chi connectivity index (χ1v) is 18.2. The Balaban J connectivity index is 0.000000258. The van der Waals surface area contributed by atoms with E-state index in [2.05, 4.69) is 20.0 Å². The van der Waals surface area contributed by atoms with E-state index in [0.29, 0.717) is 27.8 Å². The zero-order valence-electron chi connectivity index (χ0n) is 28.1. The Morgan fingerprint density at radius 3 is 1.67 bits per heavy atom. The Morgan fingerprint density at radius 1 is 0.636 bits per heavy atom. The van der Waals surface area contributed by atoms with E-state index in [9.17, 15) is 41.2 Å². The van der Waals surface area contributed by atoms with Gasteiger partial charge in [-0.25, -0.2) is 18.4 Å². The second kappa shape index (κ2) is 17.4. The number of nitrogens with one attached hydrogen (secondary N) is 2. The minimum absolute atomic E-state index is 0. The van der Waals surface area contributed by atoms with Gasteiger partial charge in [-0.05, 0) is 59.2 Å². The fraction of sp³-hybridized carbons (Fsp3) is 0. The van der Waals surface area contributed by atoms with Crippen LogP contribution in [0, 0.1) is 0 Å². The maximum absolute atomic E-state index is 12.6. The van der Waals surface area contributed by atoms with Crippen molar-refractivity contribution in [2.45, 2.75) is 9.79 Å². The summed E-state index contributed by atoms with van der Waals surface area (Å²) in [6.45, 7) is 0. The number of ketones is 2. The molecule has 0 saturated heterocycles. The average molecular weight is 828 g/mol. The molecule has 8 rings (SSSR count). The molecule has 0 spiro atoms. The van der Waals surface area contributed by atoms with Gasteiger partial charge < -0.3 is 38.6 Å². The summed E-state index contributed by atoms with van der Waals surface area (Å²) in [5.74, 6) is -1.14. The number of Topliss-reactive ketones (excluding diaryl/α,β-unsaturated/α-hetero) is 2. The fourth-order valence-electron chi connectivity index (χ4n) is 5.38. The van der Waals surface area contributed by atoms with Crippen LogP contribution in [0.1, 0.15) is 32.1 Å². The number of hydrogen-bond acceptors (Lipinski definition) is 15. The van der Waals surface area contributed by atoms with E-state index in [-0.39, 0.29) is 121 Å². The Labute approximate surface area is 356 Å². The van der Waals surface area contributed by atoms with Crippen LogP contribution in [0.5, 0.6) is 11.5 Å². The second-order valence-corrected chi connectivity index (χ2v) is 14.1. The first-order valence-electron chi connectivity index (χ1n) is 14.3. The molecular weight excluding hydrogens is 807 g/mol. The topological polar surface area (TPSA) is 327 Å². The van der Waals surface area contributed by atoms with Gasteiger partial charge in [0.1, 0.15) is 32.9 Å². The van der Waals surface area contributed by atoms with Gasteiger partial charge in [-0.2, -0.15) is 8.42 Å². The number of aromatic amines is 2. The van der Waals surface area contributed by atoms with Gasteiger partial charge in [0, 0.05) is 27.4 Å². The molecule has 4 heterocycles. The molecule has 0 radical (unpaired) electrons.